The van der Waals surface area contributed by atoms with Crippen molar-refractivity contribution in [2.45, 2.75) is 17.9 Å². The number of thioether (sulfide) groups is 1. The highest BCUT2D eigenvalue weighted by atomic mass is 35.5. The van der Waals surface area contributed by atoms with E-state index in [0.717, 1.165) is 10.5 Å². The smallest absolute Gasteiger partial charge is 0.307 e. The normalized spacial score (nSPS) is 10.6. The molecular weight excluding hydrogens is 360 g/mol. The molecule has 0 saturated heterocycles. The van der Waals surface area contributed by atoms with Gasteiger partial charge in [-0.2, -0.15) is 0 Å². The lowest BCUT2D eigenvalue weighted by Crippen LogP contribution is -2.05. The van der Waals surface area contributed by atoms with Crippen molar-refractivity contribution in [2.24, 2.45) is 0 Å². The molecule has 7 heteroatoms. The molecule has 3 aromatic rings. The van der Waals surface area contributed by atoms with Gasteiger partial charge in [0.2, 0.25) is 5.89 Å². The number of hydrogen-bond donors (Lipinski definition) is 0. The lowest BCUT2D eigenvalue weighted by atomic mass is 10.2. The molecule has 3 rings (SSSR count). The first-order valence-corrected chi connectivity index (χ1v) is 8.99. The third-order valence-corrected chi connectivity index (χ3v) is 4.50. The number of ether oxygens (including phenoxy) is 1. The fourth-order valence-electron chi connectivity index (χ4n) is 2.00. The number of carbonyl (C=O) groups excluding carboxylic acids is 1. The molecule has 0 N–H and O–H groups in total. The Morgan fingerprint density at radius 3 is 2.60 bits per heavy atom. The largest absolute Gasteiger partial charge is 0.456 e. The third-order valence-electron chi connectivity index (χ3n) is 3.23. The molecule has 0 spiro atoms. The van der Waals surface area contributed by atoms with E-state index in [1.165, 1.54) is 0 Å². The summed E-state index contributed by atoms with van der Waals surface area (Å²) in [5, 5.41) is 8.45. The topological polar surface area (TPSA) is 65.2 Å². The molecule has 0 radical (unpaired) electrons. The van der Waals surface area contributed by atoms with Gasteiger partial charge in [-0.1, -0.05) is 29.8 Å². The summed E-state index contributed by atoms with van der Waals surface area (Å²) in [6.07, 6.45) is 0.317. The molecule has 0 bridgehead atoms. The van der Waals surface area contributed by atoms with E-state index in [-0.39, 0.29) is 18.5 Å². The van der Waals surface area contributed by atoms with Gasteiger partial charge < -0.3 is 9.15 Å². The first-order chi connectivity index (χ1) is 12.2. The molecule has 0 amide bonds. The van der Waals surface area contributed by atoms with E-state index in [4.69, 9.17) is 20.8 Å². The van der Waals surface area contributed by atoms with Crippen LogP contribution in [0.1, 0.15) is 12.3 Å². The van der Waals surface area contributed by atoms with E-state index in [9.17, 15) is 4.79 Å². The highest BCUT2D eigenvalue weighted by Gasteiger charge is 2.11. The van der Waals surface area contributed by atoms with Crippen molar-refractivity contribution >= 4 is 29.3 Å². The molecule has 2 aromatic carbocycles. The highest BCUT2D eigenvalue weighted by Crippen LogP contribution is 2.21. The zero-order valence-corrected chi connectivity index (χ0v) is 14.8. The maximum absolute atomic E-state index is 11.8. The molecule has 0 aliphatic heterocycles. The summed E-state index contributed by atoms with van der Waals surface area (Å²) in [7, 11) is 0. The third kappa shape index (κ3) is 5.34. The van der Waals surface area contributed by atoms with Crippen molar-refractivity contribution in [1.82, 2.24) is 10.2 Å². The number of aromatic nitrogens is 2. The molecule has 5 nitrogen and oxygen atoms in total. The minimum Gasteiger partial charge on any atom is -0.456 e. The van der Waals surface area contributed by atoms with Gasteiger partial charge in [-0.25, -0.2) is 0 Å². The average Bonchev–Trinajstić information content (AvgIpc) is 3.10. The van der Waals surface area contributed by atoms with Crippen LogP contribution in [0.2, 0.25) is 5.02 Å². The lowest BCUT2D eigenvalue weighted by molar-refractivity contribution is -0.145. The van der Waals surface area contributed by atoms with Crippen molar-refractivity contribution in [3.05, 3.63) is 65.5 Å². The molecule has 0 atom stereocenters. The molecule has 0 aliphatic carbocycles. The van der Waals surface area contributed by atoms with Gasteiger partial charge >= 0.3 is 5.97 Å². The van der Waals surface area contributed by atoms with Gasteiger partial charge in [0, 0.05) is 21.2 Å². The monoisotopic (exact) mass is 374 g/mol. The molecule has 25 heavy (non-hydrogen) atoms. The van der Waals surface area contributed by atoms with Gasteiger partial charge in [-0.3, -0.25) is 4.79 Å². The Balaban J connectivity index is 1.44. The predicted molar refractivity (Wildman–Crippen MR) is 96.3 cm³/mol. The molecular formula is C18H15ClN2O3S. The van der Waals surface area contributed by atoms with Crippen LogP contribution in [0.15, 0.2) is 63.9 Å². The summed E-state index contributed by atoms with van der Waals surface area (Å²) in [5.41, 5.74) is 0.758. The SMILES string of the molecule is O=C(CCSc1ccccc1)OCc1nnc(-c2ccc(Cl)cc2)o1. The fraction of sp³-hybridized carbons (Fsp3) is 0.167. The van der Waals surface area contributed by atoms with Gasteiger partial charge in [0.15, 0.2) is 6.61 Å². The summed E-state index contributed by atoms with van der Waals surface area (Å²) in [4.78, 5) is 12.9. The van der Waals surface area contributed by atoms with Gasteiger partial charge in [-0.05, 0) is 36.4 Å². The van der Waals surface area contributed by atoms with Crippen LogP contribution in [0.5, 0.6) is 0 Å². The predicted octanol–water partition coefficient (Wildman–Crippen LogP) is 4.62. The van der Waals surface area contributed by atoms with E-state index in [1.807, 2.05) is 30.3 Å². The van der Waals surface area contributed by atoms with E-state index in [1.54, 1.807) is 36.0 Å². The molecule has 128 valence electrons. The second-order valence-corrected chi connectivity index (χ2v) is 6.68. The second-order valence-electron chi connectivity index (χ2n) is 5.08. The van der Waals surface area contributed by atoms with Crippen LogP contribution >= 0.6 is 23.4 Å². The number of hydrogen-bond acceptors (Lipinski definition) is 6. The summed E-state index contributed by atoms with van der Waals surface area (Å²) in [6, 6.07) is 17.0. The molecule has 0 unspecified atom stereocenters. The van der Waals surface area contributed by atoms with Crippen molar-refractivity contribution in [1.29, 1.82) is 0 Å². The Morgan fingerprint density at radius 1 is 1.08 bits per heavy atom. The Hall–Kier alpha value is -2.31. The first-order valence-electron chi connectivity index (χ1n) is 7.62. The summed E-state index contributed by atoms with van der Waals surface area (Å²) in [5.74, 6) is 0.980. The van der Waals surface area contributed by atoms with Crippen molar-refractivity contribution in [3.63, 3.8) is 0 Å². The average molecular weight is 375 g/mol. The Kier molecular flexibility index (Phi) is 6.09. The van der Waals surface area contributed by atoms with Gasteiger partial charge in [-0.15, -0.1) is 22.0 Å². The Labute approximate surface area is 154 Å². The van der Waals surface area contributed by atoms with Crippen LogP contribution in [0.3, 0.4) is 0 Å². The molecule has 1 aromatic heterocycles. The quantitative estimate of drug-likeness (QED) is 0.444. The fourth-order valence-corrected chi connectivity index (χ4v) is 2.98. The second kappa shape index (κ2) is 8.69. The lowest BCUT2D eigenvalue weighted by Gasteiger charge is -2.02. The van der Waals surface area contributed by atoms with Crippen LogP contribution in [0.4, 0.5) is 0 Å². The number of nitrogens with zero attached hydrogens (tertiary/aromatic N) is 2. The minimum atomic E-state index is -0.297. The zero-order chi connectivity index (χ0) is 17.5. The number of rotatable bonds is 7. The van der Waals surface area contributed by atoms with Crippen LogP contribution in [-0.4, -0.2) is 21.9 Å². The van der Waals surface area contributed by atoms with Gasteiger partial charge in [0.1, 0.15) is 0 Å². The van der Waals surface area contributed by atoms with E-state index < -0.39 is 0 Å². The maximum atomic E-state index is 11.8. The summed E-state index contributed by atoms with van der Waals surface area (Å²) >= 11 is 7.45. The van der Waals surface area contributed by atoms with Crippen molar-refractivity contribution in [3.8, 4) is 11.5 Å². The van der Waals surface area contributed by atoms with Gasteiger partial charge in [0.05, 0.1) is 6.42 Å². The minimum absolute atomic E-state index is 0.0323. The van der Waals surface area contributed by atoms with Gasteiger partial charge in [0.25, 0.3) is 5.89 Å². The standard InChI is InChI=1S/C18H15ClN2O3S/c19-14-8-6-13(7-9-14)18-21-20-16(24-18)12-23-17(22)10-11-25-15-4-2-1-3-5-15/h1-9H,10-12H2. The number of esters is 1. The first kappa shape index (κ1) is 17.5. The van der Waals surface area contributed by atoms with Crippen LogP contribution in [0.25, 0.3) is 11.5 Å². The molecule has 0 saturated carbocycles. The highest BCUT2D eigenvalue weighted by molar-refractivity contribution is 7.99. The number of halogens is 1. The van der Waals surface area contributed by atoms with Crippen molar-refractivity contribution in [2.75, 3.05) is 5.75 Å². The summed E-state index contributed by atoms with van der Waals surface area (Å²) < 4.78 is 10.7. The molecule has 0 aliphatic rings. The number of carbonyl (C=O) groups is 1. The van der Waals surface area contributed by atoms with Crippen LogP contribution < -0.4 is 0 Å². The summed E-state index contributed by atoms with van der Waals surface area (Å²) in [6.45, 7) is -0.0323. The van der Waals surface area contributed by atoms with Crippen LogP contribution in [-0.2, 0) is 16.1 Å². The Morgan fingerprint density at radius 2 is 1.84 bits per heavy atom. The van der Waals surface area contributed by atoms with Crippen LogP contribution in [0, 0.1) is 0 Å². The van der Waals surface area contributed by atoms with Crippen molar-refractivity contribution < 1.29 is 13.9 Å². The Bertz CT molecular complexity index is 822. The molecule has 1 heterocycles. The maximum Gasteiger partial charge on any atom is 0.307 e. The number of benzene rings is 2. The zero-order valence-electron chi connectivity index (χ0n) is 13.2. The van der Waals surface area contributed by atoms with E-state index in [2.05, 4.69) is 10.2 Å². The van der Waals surface area contributed by atoms with E-state index in [0.29, 0.717) is 23.1 Å². The van der Waals surface area contributed by atoms with E-state index >= 15 is 0 Å². The molecule has 0 fully saturated rings.